The molecule has 1 amide bonds. The number of anilines is 2. The van der Waals surface area contributed by atoms with Gasteiger partial charge in [-0.1, -0.05) is 15.9 Å². The number of benzene rings is 2. The number of nitrogens with one attached hydrogen (secondary N) is 1. The third-order valence-corrected chi connectivity index (χ3v) is 4.90. The van der Waals surface area contributed by atoms with Crippen LogP contribution in [-0.4, -0.2) is 56.5 Å². The maximum absolute atomic E-state index is 12.6. The van der Waals surface area contributed by atoms with Crippen molar-refractivity contribution in [3.8, 4) is 0 Å². The second-order valence-electron chi connectivity index (χ2n) is 6.45. The van der Waals surface area contributed by atoms with E-state index in [-0.39, 0.29) is 17.6 Å². The number of hydrogen-bond acceptors (Lipinski definition) is 5. The molecule has 0 aromatic heterocycles. The first kappa shape index (κ1) is 20.3. The van der Waals surface area contributed by atoms with Gasteiger partial charge < -0.3 is 24.8 Å². The molecule has 0 bridgehead atoms. The van der Waals surface area contributed by atoms with Crippen LogP contribution >= 0.6 is 15.9 Å². The molecule has 1 aliphatic heterocycles. The van der Waals surface area contributed by atoms with Gasteiger partial charge in [-0.3, -0.25) is 4.79 Å². The summed E-state index contributed by atoms with van der Waals surface area (Å²) < 4.78 is 12.0. The van der Waals surface area contributed by atoms with E-state index in [0.29, 0.717) is 43.3 Å². The zero-order chi connectivity index (χ0) is 20.1. The Morgan fingerprint density at radius 2 is 1.89 bits per heavy atom. The molecular formula is C20H21BrN2O5. The quantitative estimate of drug-likeness (QED) is 0.704. The Bertz CT molecular complexity index is 850. The number of carboxylic acids is 1. The summed E-state index contributed by atoms with van der Waals surface area (Å²) in [7, 11) is 1.86. The lowest BCUT2D eigenvalue weighted by Gasteiger charge is -2.30. The third-order valence-electron chi connectivity index (χ3n) is 4.37. The number of halogens is 1. The predicted octanol–water partition coefficient (Wildman–Crippen LogP) is 3.25. The van der Waals surface area contributed by atoms with E-state index in [1.54, 1.807) is 30.3 Å². The van der Waals surface area contributed by atoms with Gasteiger partial charge in [0.1, 0.15) is 0 Å². The average Bonchev–Trinajstić information content (AvgIpc) is 2.69. The lowest BCUT2D eigenvalue weighted by atomic mass is 10.1. The highest BCUT2D eigenvalue weighted by Gasteiger charge is 2.20. The van der Waals surface area contributed by atoms with Crippen LogP contribution in [-0.2, 0) is 9.47 Å². The highest BCUT2D eigenvalue weighted by atomic mass is 79.9. The molecule has 2 N–H and O–H groups in total. The number of nitrogens with zero attached hydrogens (tertiary/aromatic N) is 1. The topological polar surface area (TPSA) is 88.1 Å². The Hall–Kier alpha value is -2.42. The fourth-order valence-corrected chi connectivity index (χ4v) is 3.21. The molecule has 0 radical (unpaired) electrons. The molecule has 7 nitrogen and oxygen atoms in total. The van der Waals surface area contributed by atoms with Gasteiger partial charge >= 0.3 is 5.97 Å². The van der Waals surface area contributed by atoms with Gasteiger partial charge in [0, 0.05) is 23.6 Å². The Labute approximate surface area is 171 Å². The highest BCUT2D eigenvalue weighted by molar-refractivity contribution is 9.10. The molecule has 28 heavy (non-hydrogen) atoms. The van der Waals surface area contributed by atoms with Crippen LogP contribution in [0.15, 0.2) is 46.9 Å². The van der Waals surface area contributed by atoms with Crippen LogP contribution in [0.2, 0.25) is 0 Å². The summed E-state index contributed by atoms with van der Waals surface area (Å²) >= 11 is 3.34. The molecule has 1 heterocycles. The van der Waals surface area contributed by atoms with Crippen molar-refractivity contribution in [3.63, 3.8) is 0 Å². The predicted molar refractivity (Wildman–Crippen MR) is 109 cm³/mol. The van der Waals surface area contributed by atoms with Crippen molar-refractivity contribution in [1.82, 2.24) is 0 Å². The monoisotopic (exact) mass is 448 g/mol. The van der Waals surface area contributed by atoms with Crippen LogP contribution < -0.4 is 10.2 Å². The minimum atomic E-state index is -1.06. The van der Waals surface area contributed by atoms with Gasteiger partial charge in [0.15, 0.2) is 0 Å². The maximum Gasteiger partial charge on any atom is 0.335 e. The summed E-state index contributed by atoms with van der Waals surface area (Å²) in [6.45, 7) is 2.18. The lowest BCUT2D eigenvalue weighted by molar-refractivity contribution is -0.0837. The molecule has 0 aliphatic carbocycles. The molecule has 0 unspecified atom stereocenters. The van der Waals surface area contributed by atoms with Crippen molar-refractivity contribution in [2.75, 3.05) is 43.6 Å². The van der Waals surface area contributed by atoms with Gasteiger partial charge in [-0.25, -0.2) is 4.79 Å². The van der Waals surface area contributed by atoms with Gasteiger partial charge in [-0.2, -0.15) is 0 Å². The zero-order valence-corrected chi connectivity index (χ0v) is 16.9. The first-order valence-corrected chi connectivity index (χ1v) is 9.58. The molecule has 2 aromatic rings. The molecule has 0 saturated carbocycles. The first-order chi connectivity index (χ1) is 13.4. The van der Waals surface area contributed by atoms with E-state index in [2.05, 4.69) is 21.2 Å². The fourth-order valence-electron chi connectivity index (χ4n) is 2.94. The summed E-state index contributed by atoms with van der Waals surface area (Å²) in [5.41, 5.74) is 1.69. The minimum Gasteiger partial charge on any atom is -0.478 e. The molecule has 1 fully saturated rings. The van der Waals surface area contributed by atoms with Crippen molar-refractivity contribution in [3.05, 3.63) is 58.1 Å². The summed E-state index contributed by atoms with van der Waals surface area (Å²) in [6, 6.07) is 11.6. The second-order valence-corrected chi connectivity index (χ2v) is 7.36. The van der Waals surface area contributed by atoms with Crippen LogP contribution in [0.3, 0.4) is 0 Å². The molecule has 3 rings (SSSR count). The number of likely N-dealkylation sites (N-methyl/N-ethyl adjacent to an activating group) is 1. The molecule has 0 spiro atoms. The summed E-state index contributed by atoms with van der Waals surface area (Å²) in [5.74, 6) is -1.38. The maximum atomic E-state index is 12.6. The second kappa shape index (κ2) is 9.18. The van der Waals surface area contributed by atoms with Gasteiger partial charge in [-0.15, -0.1) is 0 Å². The normalized spacial score (nSPS) is 16.4. The van der Waals surface area contributed by atoms with Crippen LogP contribution in [0.5, 0.6) is 0 Å². The number of carboxylic acid groups (broad SMARTS) is 1. The summed E-state index contributed by atoms with van der Waals surface area (Å²) in [5, 5.41) is 12.1. The van der Waals surface area contributed by atoms with Gasteiger partial charge in [0.2, 0.25) is 0 Å². The van der Waals surface area contributed by atoms with Crippen LogP contribution in [0.1, 0.15) is 20.7 Å². The van der Waals surface area contributed by atoms with Gasteiger partial charge in [-0.05, 0) is 42.5 Å². The fraction of sp³-hybridized carbons (Fsp3) is 0.300. The van der Waals surface area contributed by atoms with Gasteiger partial charge in [0.25, 0.3) is 5.91 Å². The van der Waals surface area contributed by atoms with Crippen molar-refractivity contribution in [2.24, 2.45) is 0 Å². The molecule has 1 aliphatic rings. The van der Waals surface area contributed by atoms with E-state index >= 15 is 0 Å². The Kier molecular flexibility index (Phi) is 6.66. The largest absolute Gasteiger partial charge is 0.478 e. The number of rotatable bonds is 6. The summed E-state index contributed by atoms with van der Waals surface area (Å²) in [6.07, 6.45) is -0.0899. The van der Waals surface area contributed by atoms with E-state index in [9.17, 15) is 14.7 Å². The Morgan fingerprint density at radius 3 is 2.54 bits per heavy atom. The van der Waals surface area contributed by atoms with Crippen LogP contribution in [0.4, 0.5) is 11.4 Å². The number of carbonyl (C=O) groups is 2. The van der Waals surface area contributed by atoms with E-state index in [1.165, 1.54) is 12.1 Å². The molecule has 1 saturated heterocycles. The summed E-state index contributed by atoms with van der Waals surface area (Å²) in [4.78, 5) is 25.9. The number of ether oxygens (including phenoxy) is 2. The molecule has 148 valence electrons. The number of carbonyl (C=O) groups excluding carboxylic acids is 1. The van der Waals surface area contributed by atoms with E-state index in [0.717, 1.165) is 4.47 Å². The zero-order valence-electron chi connectivity index (χ0n) is 15.4. The lowest BCUT2D eigenvalue weighted by Crippen LogP contribution is -2.38. The molecule has 8 heteroatoms. The smallest absolute Gasteiger partial charge is 0.335 e. The van der Waals surface area contributed by atoms with E-state index < -0.39 is 5.97 Å². The van der Waals surface area contributed by atoms with Gasteiger partial charge in [0.05, 0.1) is 42.9 Å². The van der Waals surface area contributed by atoms with Crippen molar-refractivity contribution >= 4 is 39.2 Å². The van der Waals surface area contributed by atoms with Crippen molar-refractivity contribution < 1.29 is 24.2 Å². The molecule has 2 aromatic carbocycles. The van der Waals surface area contributed by atoms with Crippen molar-refractivity contribution in [1.29, 1.82) is 0 Å². The number of amides is 1. The standard InChI is InChI=1S/C20H21BrN2O5/c1-23(11-16-12-27-8-9-28-16)18-7-4-14(20(25)26)10-17(18)22-19(24)13-2-5-15(21)6-3-13/h2-7,10,16H,8-9,11-12H2,1H3,(H,22,24)(H,25,26)/t16-/m1/s1. The van der Waals surface area contributed by atoms with Crippen LogP contribution in [0.25, 0.3) is 0 Å². The number of hydrogen-bond donors (Lipinski definition) is 2. The van der Waals surface area contributed by atoms with Crippen LogP contribution in [0, 0.1) is 0 Å². The Balaban J connectivity index is 1.83. The third kappa shape index (κ3) is 5.09. The number of aromatic carboxylic acids is 1. The van der Waals surface area contributed by atoms with Crippen molar-refractivity contribution in [2.45, 2.75) is 6.10 Å². The average molecular weight is 449 g/mol. The highest BCUT2D eigenvalue weighted by Crippen LogP contribution is 2.28. The minimum absolute atomic E-state index is 0.0899. The molecular weight excluding hydrogens is 428 g/mol. The van der Waals surface area contributed by atoms with E-state index in [1.807, 2.05) is 11.9 Å². The Morgan fingerprint density at radius 1 is 1.18 bits per heavy atom. The SMILES string of the molecule is CN(C[C@@H]1COCCO1)c1ccc(C(=O)O)cc1NC(=O)c1ccc(Br)cc1. The van der Waals surface area contributed by atoms with E-state index in [4.69, 9.17) is 9.47 Å². The first-order valence-electron chi connectivity index (χ1n) is 8.79. The molecule has 1 atom stereocenters.